The Morgan fingerprint density at radius 1 is 1.12 bits per heavy atom. The number of urea groups is 1. The van der Waals surface area contributed by atoms with Crippen molar-refractivity contribution in [2.24, 2.45) is 5.73 Å². The second-order valence-electron chi connectivity index (χ2n) is 11.1. The van der Waals surface area contributed by atoms with E-state index in [9.17, 15) is 18.0 Å². The molecule has 0 spiro atoms. The van der Waals surface area contributed by atoms with Crippen LogP contribution in [0, 0.1) is 0 Å². The Hall–Kier alpha value is -4.70. The summed E-state index contributed by atoms with van der Waals surface area (Å²) >= 11 is 1.61. The normalized spacial score (nSPS) is 13.8. The van der Waals surface area contributed by atoms with E-state index in [1.807, 2.05) is 24.4 Å². The third-order valence-electron chi connectivity index (χ3n) is 7.68. The van der Waals surface area contributed by atoms with Gasteiger partial charge in [0.15, 0.2) is 0 Å². The molecular formula is C32H36F3N7O5S. The van der Waals surface area contributed by atoms with E-state index >= 15 is 0 Å². The fourth-order valence-electron chi connectivity index (χ4n) is 5.11. The van der Waals surface area contributed by atoms with Crippen LogP contribution in [0.1, 0.15) is 35.4 Å². The lowest BCUT2D eigenvalue weighted by molar-refractivity contribution is -0.192. The summed E-state index contributed by atoms with van der Waals surface area (Å²) in [5.41, 5.74) is 11.9. The van der Waals surface area contributed by atoms with Crippen LogP contribution in [-0.4, -0.2) is 87.6 Å². The number of halogens is 3. The molecule has 0 unspecified atom stereocenters. The molecule has 0 atom stereocenters. The number of hydrogen-bond donors (Lipinski definition) is 3. The number of hydrogen-bond acceptors (Lipinski definition) is 9. The molecule has 12 nitrogen and oxygen atoms in total. The standard InChI is InChI=1S/C30H35N7O3S.C2HF3O2/c31-11-2-1-3-23-19-37(35-34-23)25-8-9-26(28(18-25)40-16-14-36-13-12-32-30(36)38)29-33-24(20-41-29)7-5-21-4-6-22-10-15-39-27(22)17-21;3-2(4,5)1(6)7/h4,6,8-9,17-20H,1-3,5,7,10-16,31H2,(H,32,38);(H,6,7). The van der Waals surface area contributed by atoms with Gasteiger partial charge in [-0.05, 0) is 68.0 Å². The Balaban J connectivity index is 0.000000582. The van der Waals surface area contributed by atoms with Gasteiger partial charge in [-0.1, -0.05) is 17.3 Å². The number of rotatable bonds is 13. The number of unbranched alkanes of at least 4 members (excludes halogenated alkanes) is 1. The number of carbonyl (C=O) groups excluding carboxylic acids is 1. The molecule has 16 heteroatoms. The Morgan fingerprint density at radius 2 is 1.96 bits per heavy atom. The van der Waals surface area contributed by atoms with Crippen molar-refractivity contribution < 1.29 is 37.3 Å². The molecule has 1 saturated heterocycles. The zero-order valence-electron chi connectivity index (χ0n) is 26.0. The van der Waals surface area contributed by atoms with Crippen molar-refractivity contribution in [1.29, 1.82) is 0 Å². The Labute approximate surface area is 278 Å². The van der Waals surface area contributed by atoms with Crippen molar-refractivity contribution in [1.82, 2.24) is 30.2 Å². The van der Waals surface area contributed by atoms with Crippen LogP contribution >= 0.6 is 11.3 Å². The van der Waals surface area contributed by atoms with Gasteiger partial charge in [-0.15, -0.1) is 16.4 Å². The van der Waals surface area contributed by atoms with Gasteiger partial charge in [0.1, 0.15) is 23.1 Å². The average molecular weight is 688 g/mol. The number of carboxylic acid groups (broad SMARTS) is 1. The molecule has 2 aromatic carbocycles. The van der Waals surface area contributed by atoms with E-state index in [2.05, 4.69) is 39.2 Å². The first-order valence-corrected chi connectivity index (χ1v) is 16.4. The zero-order chi connectivity index (χ0) is 34.1. The van der Waals surface area contributed by atoms with Gasteiger partial charge in [-0.25, -0.2) is 19.3 Å². The number of nitrogens with zero attached hydrogens (tertiary/aromatic N) is 5. The highest BCUT2D eigenvalue weighted by Gasteiger charge is 2.38. The summed E-state index contributed by atoms with van der Waals surface area (Å²) in [4.78, 5) is 27.6. The largest absolute Gasteiger partial charge is 0.493 e. The first-order chi connectivity index (χ1) is 23.1. The van der Waals surface area contributed by atoms with Gasteiger partial charge in [0.2, 0.25) is 0 Å². The Bertz CT molecular complexity index is 1710. The van der Waals surface area contributed by atoms with E-state index in [0.717, 1.165) is 78.5 Å². The van der Waals surface area contributed by atoms with Crippen molar-refractivity contribution in [2.45, 2.75) is 44.7 Å². The number of carbonyl (C=O) groups is 2. The molecule has 0 bridgehead atoms. The number of carboxylic acids is 1. The number of nitrogens with one attached hydrogen (secondary N) is 1. The molecule has 2 aromatic heterocycles. The van der Waals surface area contributed by atoms with Crippen molar-refractivity contribution in [3.8, 4) is 27.8 Å². The minimum Gasteiger partial charge on any atom is -0.493 e. The molecule has 0 saturated carbocycles. The molecular weight excluding hydrogens is 651 g/mol. The van der Waals surface area contributed by atoms with Crippen LogP contribution in [-0.2, 0) is 30.5 Å². The van der Waals surface area contributed by atoms with Crippen LogP contribution in [0.15, 0.2) is 48.0 Å². The van der Waals surface area contributed by atoms with Gasteiger partial charge >= 0.3 is 18.2 Å². The molecule has 256 valence electrons. The lowest BCUT2D eigenvalue weighted by Gasteiger charge is -2.16. The lowest BCUT2D eigenvalue weighted by atomic mass is 10.1. The van der Waals surface area contributed by atoms with E-state index in [1.165, 1.54) is 11.1 Å². The summed E-state index contributed by atoms with van der Waals surface area (Å²) in [7, 11) is 0. The van der Waals surface area contributed by atoms with Gasteiger partial charge in [0.25, 0.3) is 0 Å². The predicted molar refractivity (Wildman–Crippen MR) is 172 cm³/mol. The second-order valence-corrected chi connectivity index (χ2v) is 12.0. The van der Waals surface area contributed by atoms with E-state index in [0.29, 0.717) is 38.5 Å². The average Bonchev–Trinajstić information content (AvgIpc) is 3.88. The minimum absolute atomic E-state index is 0.0492. The fourth-order valence-corrected chi connectivity index (χ4v) is 6.00. The molecule has 4 aromatic rings. The van der Waals surface area contributed by atoms with Crippen LogP contribution in [0.25, 0.3) is 16.3 Å². The van der Waals surface area contributed by atoms with Gasteiger partial charge in [0, 0.05) is 31.0 Å². The van der Waals surface area contributed by atoms with Gasteiger partial charge in [0.05, 0.1) is 42.0 Å². The summed E-state index contributed by atoms with van der Waals surface area (Å²) in [5, 5.41) is 21.6. The molecule has 0 aliphatic carbocycles. The monoisotopic (exact) mass is 687 g/mol. The maximum Gasteiger partial charge on any atom is 0.490 e. The first kappa shape index (κ1) is 34.6. The summed E-state index contributed by atoms with van der Waals surface area (Å²) in [6.45, 7) is 3.70. The highest BCUT2D eigenvalue weighted by molar-refractivity contribution is 7.13. The predicted octanol–water partition coefficient (Wildman–Crippen LogP) is 4.43. The molecule has 2 amide bonds. The Morgan fingerprint density at radius 3 is 2.71 bits per heavy atom. The third-order valence-corrected chi connectivity index (χ3v) is 8.60. The Kier molecular flexibility index (Phi) is 11.5. The number of fused-ring (bicyclic) bond motifs is 1. The highest BCUT2D eigenvalue weighted by Crippen LogP contribution is 2.35. The first-order valence-electron chi connectivity index (χ1n) is 15.5. The number of alkyl halides is 3. The smallest absolute Gasteiger partial charge is 0.490 e. The summed E-state index contributed by atoms with van der Waals surface area (Å²) in [5.74, 6) is -1.03. The van der Waals surface area contributed by atoms with E-state index in [-0.39, 0.29) is 6.03 Å². The second kappa shape index (κ2) is 15.9. The van der Waals surface area contributed by atoms with E-state index in [4.69, 9.17) is 30.1 Å². The molecule has 6 rings (SSSR count). The highest BCUT2D eigenvalue weighted by atomic mass is 32.1. The van der Waals surface area contributed by atoms with Crippen LogP contribution in [0.4, 0.5) is 18.0 Å². The third kappa shape index (κ3) is 9.22. The van der Waals surface area contributed by atoms with Gasteiger partial charge < -0.3 is 30.5 Å². The number of thiazole rings is 1. The number of nitrogens with two attached hydrogens (primary N) is 1. The van der Waals surface area contributed by atoms with E-state index < -0.39 is 12.1 Å². The molecule has 2 aliphatic rings. The quantitative estimate of drug-likeness (QED) is 0.173. The van der Waals surface area contributed by atoms with Gasteiger partial charge in [-0.3, -0.25) is 0 Å². The van der Waals surface area contributed by atoms with Crippen LogP contribution < -0.4 is 20.5 Å². The van der Waals surface area contributed by atoms with Crippen LogP contribution in [0.5, 0.6) is 11.5 Å². The van der Waals surface area contributed by atoms with Crippen molar-refractivity contribution in [2.75, 3.05) is 39.4 Å². The van der Waals surface area contributed by atoms with Crippen molar-refractivity contribution >= 4 is 23.3 Å². The van der Waals surface area contributed by atoms with Gasteiger partial charge in [-0.2, -0.15) is 13.2 Å². The maximum absolute atomic E-state index is 12.0. The lowest BCUT2D eigenvalue weighted by Crippen LogP contribution is -2.31. The number of aliphatic carboxylic acids is 1. The summed E-state index contributed by atoms with van der Waals surface area (Å²) in [6.07, 6.45) is 2.41. The number of ether oxygens (including phenoxy) is 2. The number of benzene rings is 2. The van der Waals surface area contributed by atoms with Crippen molar-refractivity contribution in [3.05, 3.63) is 70.5 Å². The van der Waals surface area contributed by atoms with E-state index in [1.54, 1.807) is 20.9 Å². The fraction of sp³-hybridized carbons (Fsp3) is 0.406. The molecule has 1 fully saturated rings. The topological polar surface area (TPSA) is 158 Å². The number of amides is 2. The summed E-state index contributed by atoms with van der Waals surface area (Å²) < 4.78 is 45.5. The molecule has 4 N–H and O–H groups in total. The number of aromatic nitrogens is 4. The minimum atomic E-state index is -5.08. The van der Waals surface area contributed by atoms with Crippen LogP contribution in [0.3, 0.4) is 0 Å². The summed E-state index contributed by atoms with van der Waals surface area (Å²) in [6, 6.07) is 12.5. The van der Waals surface area contributed by atoms with Crippen molar-refractivity contribution in [3.63, 3.8) is 0 Å². The van der Waals surface area contributed by atoms with Crippen LogP contribution in [0.2, 0.25) is 0 Å². The SMILES string of the molecule is NCCCCc1cn(-c2ccc(-c3nc(CCc4ccc5c(c4)OCC5)cs3)c(OCCN3CCNC3=O)c2)nn1.O=C(O)C(F)(F)F. The zero-order valence-corrected chi connectivity index (χ0v) is 26.9. The number of aryl methyl sites for hydroxylation is 3. The molecule has 0 radical (unpaired) electrons. The molecule has 4 heterocycles. The maximum atomic E-state index is 12.0. The molecule has 2 aliphatic heterocycles. The molecule has 48 heavy (non-hydrogen) atoms.